The predicted octanol–water partition coefficient (Wildman–Crippen LogP) is 4.50. The van der Waals surface area contributed by atoms with Crippen LogP contribution in [0, 0.1) is 24.7 Å². The van der Waals surface area contributed by atoms with Gasteiger partial charge >= 0.3 is 0 Å². The molecule has 0 spiro atoms. The molecular formula is C18H30N2. The van der Waals surface area contributed by atoms with Crippen LogP contribution in [0.5, 0.6) is 0 Å². The predicted molar refractivity (Wildman–Crippen MR) is 85.7 cm³/mol. The van der Waals surface area contributed by atoms with Crippen LogP contribution in [0.4, 0.5) is 0 Å². The zero-order chi connectivity index (χ0) is 14.5. The highest BCUT2D eigenvalue weighted by molar-refractivity contribution is 5.22. The van der Waals surface area contributed by atoms with E-state index in [1.807, 2.05) is 12.3 Å². The van der Waals surface area contributed by atoms with E-state index in [1.54, 1.807) is 0 Å². The van der Waals surface area contributed by atoms with Gasteiger partial charge in [0.2, 0.25) is 0 Å². The molecule has 1 N–H and O–H groups in total. The Hall–Kier alpha value is -0.890. The highest BCUT2D eigenvalue weighted by atomic mass is 14.9. The van der Waals surface area contributed by atoms with Crippen molar-refractivity contribution >= 4 is 0 Å². The molecule has 2 heteroatoms. The molecule has 1 heterocycles. The Bertz CT molecular complexity index is 416. The molecule has 1 aromatic rings. The van der Waals surface area contributed by atoms with Crippen LogP contribution in [-0.4, -0.2) is 11.5 Å². The third-order valence-electron chi connectivity index (χ3n) is 5.07. The molecule has 1 aromatic heterocycles. The van der Waals surface area contributed by atoms with Crippen LogP contribution in [-0.2, 0) is 0 Å². The smallest absolute Gasteiger partial charge is 0.0605 e. The van der Waals surface area contributed by atoms with Gasteiger partial charge in [-0.15, -0.1) is 0 Å². The lowest BCUT2D eigenvalue weighted by Gasteiger charge is -2.37. The van der Waals surface area contributed by atoms with Crippen molar-refractivity contribution in [2.75, 3.05) is 6.54 Å². The van der Waals surface area contributed by atoms with Crippen LogP contribution in [0.1, 0.15) is 63.8 Å². The van der Waals surface area contributed by atoms with Crippen LogP contribution in [0.2, 0.25) is 0 Å². The molecular weight excluding hydrogens is 244 g/mol. The molecule has 0 saturated heterocycles. The van der Waals surface area contributed by atoms with Gasteiger partial charge in [-0.25, -0.2) is 0 Å². The van der Waals surface area contributed by atoms with Gasteiger partial charge in [0.15, 0.2) is 0 Å². The Kier molecular flexibility index (Phi) is 5.59. The third kappa shape index (κ3) is 3.60. The van der Waals surface area contributed by atoms with E-state index in [4.69, 9.17) is 0 Å². The van der Waals surface area contributed by atoms with E-state index < -0.39 is 0 Å². The van der Waals surface area contributed by atoms with Crippen LogP contribution >= 0.6 is 0 Å². The summed E-state index contributed by atoms with van der Waals surface area (Å²) >= 11 is 0. The summed E-state index contributed by atoms with van der Waals surface area (Å²) in [6.07, 6.45) is 7.16. The second kappa shape index (κ2) is 7.21. The summed E-state index contributed by atoms with van der Waals surface area (Å²) in [5, 5.41) is 3.77. The summed E-state index contributed by atoms with van der Waals surface area (Å²) in [5.74, 6) is 2.45. The molecule has 1 saturated carbocycles. The molecule has 0 amide bonds. The van der Waals surface area contributed by atoms with E-state index >= 15 is 0 Å². The van der Waals surface area contributed by atoms with Gasteiger partial charge in [0.05, 0.1) is 11.7 Å². The first-order chi connectivity index (χ1) is 9.63. The Morgan fingerprint density at radius 2 is 2.10 bits per heavy atom. The van der Waals surface area contributed by atoms with E-state index in [-0.39, 0.29) is 0 Å². The largest absolute Gasteiger partial charge is 0.308 e. The maximum absolute atomic E-state index is 4.69. The third-order valence-corrected chi connectivity index (χ3v) is 5.07. The second-order valence-corrected chi connectivity index (χ2v) is 6.67. The number of aromatic nitrogens is 1. The lowest BCUT2D eigenvalue weighted by Crippen LogP contribution is -2.34. The number of hydrogen-bond donors (Lipinski definition) is 1. The highest BCUT2D eigenvalue weighted by Gasteiger charge is 2.31. The Morgan fingerprint density at radius 1 is 1.30 bits per heavy atom. The van der Waals surface area contributed by atoms with Crippen molar-refractivity contribution in [3.8, 4) is 0 Å². The number of nitrogens with zero attached hydrogens (tertiary/aromatic N) is 1. The topological polar surface area (TPSA) is 24.9 Å². The molecule has 112 valence electrons. The fraction of sp³-hybridized carbons (Fsp3) is 0.722. The van der Waals surface area contributed by atoms with E-state index in [0.29, 0.717) is 6.04 Å². The zero-order valence-corrected chi connectivity index (χ0v) is 13.5. The van der Waals surface area contributed by atoms with Crippen molar-refractivity contribution in [3.05, 3.63) is 29.6 Å². The summed E-state index contributed by atoms with van der Waals surface area (Å²) in [7, 11) is 0. The van der Waals surface area contributed by atoms with Gasteiger partial charge < -0.3 is 5.32 Å². The fourth-order valence-electron chi connectivity index (χ4n) is 3.50. The lowest BCUT2D eigenvalue weighted by molar-refractivity contribution is 0.169. The average Bonchev–Trinajstić information content (AvgIpc) is 2.44. The molecule has 0 aliphatic heterocycles. The van der Waals surface area contributed by atoms with Gasteiger partial charge in [-0.3, -0.25) is 4.98 Å². The van der Waals surface area contributed by atoms with E-state index in [9.17, 15) is 0 Å². The van der Waals surface area contributed by atoms with Gasteiger partial charge in [0, 0.05) is 6.20 Å². The van der Waals surface area contributed by atoms with Crippen LogP contribution in [0.25, 0.3) is 0 Å². The molecule has 2 nitrogen and oxygen atoms in total. The molecule has 20 heavy (non-hydrogen) atoms. The van der Waals surface area contributed by atoms with Gasteiger partial charge in [-0.2, -0.15) is 0 Å². The minimum atomic E-state index is 0.436. The highest BCUT2D eigenvalue weighted by Crippen LogP contribution is 2.40. The fourth-order valence-corrected chi connectivity index (χ4v) is 3.50. The summed E-state index contributed by atoms with van der Waals surface area (Å²) in [5.41, 5.74) is 2.60. The first-order valence-electron chi connectivity index (χ1n) is 8.28. The van der Waals surface area contributed by atoms with Crippen molar-refractivity contribution in [2.24, 2.45) is 17.8 Å². The van der Waals surface area contributed by atoms with Crippen molar-refractivity contribution in [3.63, 3.8) is 0 Å². The van der Waals surface area contributed by atoms with Crippen molar-refractivity contribution in [1.82, 2.24) is 10.3 Å². The maximum Gasteiger partial charge on any atom is 0.0605 e. The monoisotopic (exact) mass is 274 g/mol. The number of rotatable bonds is 5. The number of aryl methyl sites for hydroxylation is 1. The number of pyridine rings is 1. The normalized spacial score (nSPS) is 28.3. The standard InChI is InChI=1S/C18H30N2/c1-5-10-19-18(17-14(3)7-6-11-20-17)16-9-8-13(2)15(4)12-16/h6-7,11,13,15-16,18-19H,5,8-10,12H2,1-4H3. The molecule has 4 atom stereocenters. The molecule has 2 rings (SSSR count). The van der Waals surface area contributed by atoms with Crippen molar-refractivity contribution < 1.29 is 0 Å². The zero-order valence-electron chi connectivity index (χ0n) is 13.5. The molecule has 0 aromatic carbocycles. The van der Waals surface area contributed by atoms with Gasteiger partial charge in [0.1, 0.15) is 0 Å². The molecule has 1 aliphatic carbocycles. The van der Waals surface area contributed by atoms with Crippen LogP contribution in [0.3, 0.4) is 0 Å². The van der Waals surface area contributed by atoms with Crippen molar-refractivity contribution in [1.29, 1.82) is 0 Å². The molecule has 1 aliphatic rings. The minimum Gasteiger partial charge on any atom is -0.308 e. The molecule has 0 bridgehead atoms. The van der Waals surface area contributed by atoms with E-state index in [2.05, 4.69) is 44.1 Å². The van der Waals surface area contributed by atoms with Gasteiger partial charge in [-0.1, -0.05) is 33.3 Å². The number of nitrogens with one attached hydrogen (secondary N) is 1. The first kappa shape index (κ1) is 15.5. The summed E-state index contributed by atoms with van der Waals surface area (Å²) in [6.45, 7) is 10.3. The summed E-state index contributed by atoms with van der Waals surface area (Å²) < 4.78 is 0. The van der Waals surface area contributed by atoms with Crippen molar-refractivity contribution in [2.45, 2.75) is 59.4 Å². The lowest BCUT2D eigenvalue weighted by atomic mass is 9.72. The number of hydrogen-bond acceptors (Lipinski definition) is 2. The van der Waals surface area contributed by atoms with Crippen LogP contribution in [0.15, 0.2) is 18.3 Å². The average molecular weight is 274 g/mol. The Balaban J connectivity index is 2.17. The van der Waals surface area contributed by atoms with Gasteiger partial charge in [-0.05, 0) is 62.1 Å². The Morgan fingerprint density at radius 3 is 2.75 bits per heavy atom. The van der Waals surface area contributed by atoms with E-state index in [0.717, 1.165) is 24.3 Å². The van der Waals surface area contributed by atoms with E-state index in [1.165, 1.54) is 36.9 Å². The molecule has 1 fully saturated rings. The SMILES string of the molecule is CCCNC(c1ncccc1C)C1CCC(C)C(C)C1. The quantitative estimate of drug-likeness (QED) is 0.855. The van der Waals surface area contributed by atoms with Gasteiger partial charge in [0.25, 0.3) is 0 Å². The second-order valence-electron chi connectivity index (χ2n) is 6.67. The first-order valence-corrected chi connectivity index (χ1v) is 8.28. The van der Waals surface area contributed by atoms with Crippen LogP contribution < -0.4 is 5.32 Å². The Labute approximate surface area is 124 Å². The summed E-state index contributed by atoms with van der Waals surface area (Å²) in [4.78, 5) is 4.69. The molecule has 0 radical (unpaired) electrons. The minimum absolute atomic E-state index is 0.436. The molecule has 4 unspecified atom stereocenters. The summed E-state index contributed by atoms with van der Waals surface area (Å²) in [6, 6.07) is 4.67. The maximum atomic E-state index is 4.69.